The van der Waals surface area contributed by atoms with E-state index in [9.17, 15) is 9.90 Å². The quantitative estimate of drug-likeness (QED) is 0.857. The van der Waals surface area contributed by atoms with Crippen LogP contribution in [0, 0.1) is 0 Å². The normalized spacial score (nSPS) is 9.95. The number of esters is 1. The summed E-state index contributed by atoms with van der Waals surface area (Å²) in [4.78, 5) is 11.4. The topological polar surface area (TPSA) is 55.8 Å². The fourth-order valence-electron chi connectivity index (χ4n) is 1.62. The first-order chi connectivity index (χ1) is 9.20. The minimum Gasteiger partial charge on any atom is -0.507 e. The van der Waals surface area contributed by atoms with Crippen LogP contribution in [-0.2, 0) is 11.3 Å². The summed E-state index contributed by atoms with van der Waals surface area (Å²) in [5, 5.41) is 9.57. The van der Waals surface area contributed by atoms with Gasteiger partial charge in [-0.25, -0.2) is 4.79 Å². The molecule has 4 nitrogen and oxygen atoms in total. The molecule has 0 saturated heterocycles. The third-order valence-electron chi connectivity index (χ3n) is 2.62. The molecular weight excluding hydrogens is 244 g/mol. The van der Waals surface area contributed by atoms with Gasteiger partial charge in [0.2, 0.25) is 0 Å². The van der Waals surface area contributed by atoms with Crippen molar-refractivity contribution in [3.8, 4) is 11.5 Å². The molecule has 0 aromatic heterocycles. The van der Waals surface area contributed by atoms with Crippen molar-refractivity contribution in [3.63, 3.8) is 0 Å². The molecule has 0 saturated carbocycles. The Morgan fingerprint density at radius 1 is 1.16 bits per heavy atom. The van der Waals surface area contributed by atoms with Gasteiger partial charge in [0.1, 0.15) is 23.7 Å². The molecule has 98 valence electrons. The van der Waals surface area contributed by atoms with Gasteiger partial charge in [-0.2, -0.15) is 0 Å². The van der Waals surface area contributed by atoms with Crippen LogP contribution in [0.3, 0.4) is 0 Å². The maximum absolute atomic E-state index is 11.4. The number of phenols is 1. The number of ether oxygens (including phenoxy) is 2. The van der Waals surface area contributed by atoms with Crippen molar-refractivity contribution in [2.45, 2.75) is 6.61 Å². The van der Waals surface area contributed by atoms with Gasteiger partial charge in [-0.05, 0) is 23.8 Å². The summed E-state index contributed by atoms with van der Waals surface area (Å²) < 4.78 is 10.1. The molecule has 2 aromatic carbocycles. The van der Waals surface area contributed by atoms with Gasteiger partial charge in [0.15, 0.2) is 0 Å². The average molecular weight is 258 g/mol. The Kier molecular flexibility index (Phi) is 4.03. The molecule has 0 fully saturated rings. The molecule has 0 amide bonds. The predicted molar refractivity (Wildman–Crippen MR) is 70.2 cm³/mol. The molecule has 0 heterocycles. The van der Waals surface area contributed by atoms with E-state index in [1.54, 1.807) is 6.07 Å². The second-order valence-corrected chi connectivity index (χ2v) is 3.94. The Morgan fingerprint density at radius 3 is 2.58 bits per heavy atom. The number of carbonyl (C=O) groups is 1. The van der Waals surface area contributed by atoms with E-state index in [0.717, 1.165) is 5.56 Å². The van der Waals surface area contributed by atoms with Crippen LogP contribution < -0.4 is 4.74 Å². The second-order valence-electron chi connectivity index (χ2n) is 3.94. The number of hydrogen-bond donors (Lipinski definition) is 1. The van der Waals surface area contributed by atoms with Crippen LogP contribution in [0.5, 0.6) is 11.5 Å². The van der Waals surface area contributed by atoms with E-state index < -0.39 is 5.97 Å². The lowest BCUT2D eigenvalue weighted by atomic mass is 10.2. The van der Waals surface area contributed by atoms with Crippen LogP contribution in [-0.4, -0.2) is 18.2 Å². The maximum atomic E-state index is 11.4. The Hall–Kier alpha value is -2.49. The smallest absolute Gasteiger partial charge is 0.341 e. The molecule has 0 atom stereocenters. The van der Waals surface area contributed by atoms with Crippen molar-refractivity contribution in [3.05, 3.63) is 59.7 Å². The lowest BCUT2D eigenvalue weighted by Gasteiger charge is -2.08. The monoisotopic (exact) mass is 258 g/mol. The number of carbonyl (C=O) groups excluding carboxylic acids is 1. The first kappa shape index (κ1) is 13.0. The number of phenolic OH excluding ortho intramolecular Hbond substituents is 1. The van der Waals surface area contributed by atoms with E-state index in [1.165, 1.54) is 19.2 Å². The third-order valence-corrected chi connectivity index (χ3v) is 2.62. The first-order valence-corrected chi connectivity index (χ1v) is 5.79. The van der Waals surface area contributed by atoms with Crippen LogP contribution in [0.2, 0.25) is 0 Å². The summed E-state index contributed by atoms with van der Waals surface area (Å²) in [6.45, 7) is 0.395. The summed E-state index contributed by atoms with van der Waals surface area (Å²) >= 11 is 0. The molecule has 0 radical (unpaired) electrons. The fraction of sp³-hybridized carbons (Fsp3) is 0.133. The van der Waals surface area contributed by atoms with E-state index in [0.29, 0.717) is 12.4 Å². The van der Waals surface area contributed by atoms with Crippen molar-refractivity contribution in [2.24, 2.45) is 0 Å². The van der Waals surface area contributed by atoms with Crippen LogP contribution in [0.4, 0.5) is 0 Å². The Labute approximate surface area is 111 Å². The summed E-state index contributed by atoms with van der Waals surface area (Å²) in [6, 6.07) is 14.1. The van der Waals surface area contributed by atoms with E-state index in [2.05, 4.69) is 4.74 Å². The second kappa shape index (κ2) is 5.91. The Bertz CT molecular complexity index is 564. The number of rotatable bonds is 4. The van der Waals surface area contributed by atoms with E-state index in [4.69, 9.17) is 4.74 Å². The van der Waals surface area contributed by atoms with Crippen LogP contribution in [0.1, 0.15) is 15.9 Å². The molecule has 2 rings (SSSR count). The predicted octanol–water partition coefficient (Wildman–Crippen LogP) is 2.76. The highest BCUT2D eigenvalue weighted by Crippen LogP contribution is 2.24. The first-order valence-electron chi connectivity index (χ1n) is 5.79. The maximum Gasteiger partial charge on any atom is 0.341 e. The van der Waals surface area contributed by atoms with Gasteiger partial charge in [0.05, 0.1) is 7.11 Å². The SMILES string of the molecule is COC(=O)c1cc(OCc2ccccc2)ccc1O. The van der Waals surface area contributed by atoms with Crippen LogP contribution >= 0.6 is 0 Å². The molecule has 4 heteroatoms. The number of benzene rings is 2. The molecule has 0 spiro atoms. The number of aromatic hydroxyl groups is 1. The molecule has 0 aliphatic rings. The molecule has 19 heavy (non-hydrogen) atoms. The summed E-state index contributed by atoms with van der Waals surface area (Å²) in [5.41, 5.74) is 1.11. The zero-order valence-electron chi connectivity index (χ0n) is 10.5. The van der Waals surface area contributed by atoms with Gasteiger partial charge in [-0.1, -0.05) is 30.3 Å². The number of hydrogen-bond acceptors (Lipinski definition) is 4. The van der Waals surface area contributed by atoms with Gasteiger partial charge in [-0.3, -0.25) is 0 Å². The fourth-order valence-corrected chi connectivity index (χ4v) is 1.62. The van der Waals surface area contributed by atoms with Crippen LogP contribution in [0.15, 0.2) is 48.5 Å². The lowest BCUT2D eigenvalue weighted by Crippen LogP contribution is -2.02. The summed E-state index contributed by atoms with van der Waals surface area (Å²) in [7, 11) is 1.26. The molecule has 0 aliphatic heterocycles. The Balaban J connectivity index is 2.11. The highest BCUT2D eigenvalue weighted by atomic mass is 16.5. The molecule has 0 aliphatic carbocycles. The van der Waals surface area contributed by atoms with Gasteiger partial charge in [0, 0.05) is 0 Å². The zero-order valence-corrected chi connectivity index (χ0v) is 10.5. The van der Waals surface area contributed by atoms with Gasteiger partial charge in [0.25, 0.3) is 0 Å². The average Bonchev–Trinajstić information content (AvgIpc) is 2.46. The molecule has 1 N–H and O–H groups in total. The highest BCUT2D eigenvalue weighted by Gasteiger charge is 2.12. The van der Waals surface area contributed by atoms with Crippen molar-refractivity contribution in [1.82, 2.24) is 0 Å². The van der Waals surface area contributed by atoms with Crippen LogP contribution in [0.25, 0.3) is 0 Å². The van der Waals surface area contributed by atoms with Crippen molar-refractivity contribution < 1.29 is 19.4 Å². The lowest BCUT2D eigenvalue weighted by molar-refractivity contribution is 0.0597. The van der Waals surface area contributed by atoms with Gasteiger partial charge < -0.3 is 14.6 Å². The molecule has 0 unspecified atom stereocenters. The van der Waals surface area contributed by atoms with Gasteiger partial charge >= 0.3 is 5.97 Å². The standard InChI is InChI=1S/C15H14O4/c1-18-15(17)13-9-12(7-8-14(13)16)19-10-11-5-3-2-4-6-11/h2-9,16H,10H2,1H3. The molecule has 2 aromatic rings. The van der Waals surface area contributed by atoms with Crippen molar-refractivity contribution in [1.29, 1.82) is 0 Å². The Morgan fingerprint density at radius 2 is 1.89 bits per heavy atom. The minimum atomic E-state index is -0.595. The van der Waals surface area contributed by atoms with Crippen molar-refractivity contribution in [2.75, 3.05) is 7.11 Å². The largest absolute Gasteiger partial charge is 0.507 e. The number of methoxy groups -OCH3 is 1. The summed E-state index contributed by atoms with van der Waals surface area (Å²) in [6.07, 6.45) is 0. The van der Waals surface area contributed by atoms with E-state index >= 15 is 0 Å². The van der Waals surface area contributed by atoms with E-state index in [1.807, 2.05) is 30.3 Å². The summed E-state index contributed by atoms with van der Waals surface area (Å²) in [5.74, 6) is -0.219. The van der Waals surface area contributed by atoms with Crippen molar-refractivity contribution >= 4 is 5.97 Å². The highest BCUT2D eigenvalue weighted by molar-refractivity contribution is 5.92. The molecular formula is C15H14O4. The van der Waals surface area contributed by atoms with Gasteiger partial charge in [-0.15, -0.1) is 0 Å². The third kappa shape index (κ3) is 3.25. The molecule has 0 bridgehead atoms. The minimum absolute atomic E-state index is 0.0908. The van der Waals surface area contributed by atoms with E-state index in [-0.39, 0.29) is 11.3 Å². The zero-order chi connectivity index (χ0) is 13.7.